The van der Waals surface area contributed by atoms with Crippen LogP contribution in [0.3, 0.4) is 0 Å². The van der Waals surface area contributed by atoms with Crippen LogP contribution in [0.2, 0.25) is 0 Å². The van der Waals surface area contributed by atoms with E-state index in [4.69, 9.17) is 0 Å². The van der Waals surface area contributed by atoms with Crippen molar-refractivity contribution in [1.29, 1.82) is 0 Å². The van der Waals surface area contributed by atoms with Crippen LogP contribution >= 0.6 is 0 Å². The van der Waals surface area contributed by atoms with E-state index in [2.05, 4.69) is 52.0 Å². The van der Waals surface area contributed by atoms with Gasteiger partial charge in [-0.1, -0.05) is 43.3 Å². The molecule has 0 bridgehead atoms. The van der Waals surface area contributed by atoms with Crippen molar-refractivity contribution in [3.05, 3.63) is 66.0 Å². The molecule has 3 rings (SSSR count). The molecule has 1 aromatic heterocycles. The lowest BCUT2D eigenvalue weighted by atomic mass is 10.0. The zero-order chi connectivity index (χ0) is 19.6. The Bertz CT molecular complexity index is 704. The third kappa shape index (κ3) is 6.16. The highest BCUT2D eigenvalue weighted by molar-refractivity contribution is 5.76. The molecule has 1 atom stereocenters. The highest BCUT2D eigenvalue weighted by Crippen LogP contribution is 2.20. The minimum atomic E-state index is 0.310. The molecular formula is C24H33N3O. The number of pyridine rings is 1. The summed E-state index contributed by atoms with van der Waals surface area (Å²) in [5.74, 6) is 0.310. The van der Waals surface area contributed by atoms with E-state index in [-0.39, 0.29) is 0 Å². The molecule has 0 saturated carbocycles. The lowest BCUT2D eigenvalue weighted by Crippen LogP contribution is -2.50. The van der Waals surface area contributed by atoms with Crippen LogP contribution < -0.4 is 0 Å². The highest BCUT2D eigenvalue weighted by atomic mass is 16.2. The van der Waals surface area contributed by atoms with Gasteiger partial charge in [-0.25, -0.2) is 0 Å². The van der Waals surface area contributed by atoms with E-state index in [0.29, 0.717) is 18.4 Å². The number of likely N-dealkylation sites (tertiary alicyclic amines) is 1. The summed E-state index contributed by atoms with van der Waals surface area (Å²) in [6, 6.07) is 17.0. The Labute approximate surface area is 169 Å². The first-order valence-electron chi connectivity index (χ1n) is 10.7. The monoisotopic (exact) mass is 379 g/mol. The minimum absolute atomic E-state index is 0.310. The van der Waals surface area contributed by atoms with Crippen LogP contribution in [0.5, 0.6) is 0 Å². The number of carbonyl (C=O) groups is 1. The summed E-state index contributed by atoms with van der Waals surface area (Å²) < 4.78 is 0. The van der Waals surface area contributed by atoms with Gasteiger partial charge >= 0.3 is 0 Å². The number of carbonyl (C=O) groups excluding carboxylic acids is 1. The molecule has 150 valence electrons. The van der Waals surface area contributed by atoms with Gasteiger partial charge in [0.15, 0.2) is 0 Å². The van der Waals surface area contributed by atoms with E-state index in [9.17, 15) is 4.79 Å². The summed E-state index contributed by atoms with van der Waals surface area (Å²) >= 11 is 0. The SMILES string of the molecule is CCCN(C(=O)CCCc1ccccn1)C1CCCN(Cc2ccccc2)C1. The molecule has 1 unspecified atom stereocenters. The third-order valence-corrected chi connectivity index (χ3v) is 5.50. The summed E-state index contributed by atoms with van der Waals surface area (Å²) in [6.07, 6.45) is 7.49. The number of piperidine rings is 1. The summed E-state index contributed by atoms with van der Waals surface area (Å²) in [4.78, 5) is 22.0. The van der Waals surface area contributed by atoms with Gasteiger partial charge in [0.25, 0.3) is 0 Å². The number of aryl methyl sites for hydroxylation is 1. The molecule has 1 saturated heterocycles. The second-order valence-electron chi connectivity index (χ2n) is 7.78. The van der Waals surface area contributed by atoms with Crippen LogP contribution in [0.1, 0.15) is 50.3 Å². The maximum atomic E-state index is 13.0. The average Bonchev–Trinajstić information content (AvgIpc) is 2.73. The van der Waals surface area contributed by atoms with Gasteiger partial charge in [-0.15, -0.1) is 0 Å². The van der Waals surface area contributed by atoms with Crippen LogP contribution in [0.25, 0.3) is 0 Å². The second-order valence-corrected chi connectivity index (χ2v) is 7.78. The summed E-state index contributed by atoms with van der Waals surface area (Å²) in [5.41, 5.74) is 2.43. The Morgan fingerprint density at radius 2 is 2.00 bits per heavy atom. The number of aromatic nitrogens is 1. The van der Waals surface area contributed by atoms with Crippen molar-refractivity contribution < 1.29 is 4.79 Å². The van der Waals surface area contributed by atoms with Crippen molar-refractivity contribution in [1.82, 2.24) is 14.8 Å². The predicted molar refractivity (Wildman–Crippen MR) is 114 cm³/mol. The first-order valence-corrected chi connectivity index (χ1v) is 10.7. The van der Waals surface area contributed by atoms with E-state index in [0.717, 1.165) is 57.6 Å². The molecule has 1 fully saturated rings. The van der Waals surface area contributed by atoms with Gasteiger partial charge in [0.1, 0.15) is 0 Å². The van der Waals surface area contributed by atoms with Crippen molar-refractivity contribution in [3.8, 4) is 0 Å². The van der Waals surface area contributed by atoms with E-state index in [1.165, 1.54) is 12.0 Å². The molecule has 1 aliphatic heterocycles. The van der Waals surface area contributed by atoms with Crippen molar-refractivity contribution in [2.75, 3.05) is 19.6 Å². The quantitative estimate of drug-likeness (QED) is 0.651. The Morgan fingerprint density at radius 1 is 1.18 bits per heavy atom. The molecule has 1 amide bonds. The smallest absolute Gasteiger partial charge is 0.222 e. The van der Waals surface area contributed by atoms with Crippen LogP contribution in [0, 0.1) is 0 Å². The normalized spacial score (nSPS) is 17.4. The molecule has 0 spiro atoms. The molecule has 2 heterocycles. The largest absolute Gasteiger partial charge is 0.338 e. The van der Waals surface area contributed by atoms with Crippen molar-refractivity contribution >= 4 is 5.91 Å². The van der Waals surface area contributed by atoms with Crippen LogP contribution in [-0.2, 0) is 17.8 Å². The zero-order valence-corrected chi connectivity index (χ0v) is 17.1. The number of benzene rings is 1. The second kappa shape index (κ2) is 11.0. The number of rotatable bonds is 9. The summed E-state index contributed by atoms with van der Waals surface area (Å²) in [5, 5.41) is 0. The van der Waals surface area contributed by atoms with Gasteiger partial charge in [0.2, 0.25) is 5.91 Å². The van der Waals surface area contributed by atoms with Crippen LogP contribution in [0.15, 0.2) is 54.7 Å². The Hall–Kier alpha value is -2.20. The molecular weight excluding hydrogens is 346 g/mol. The maximum Gasteiger partial charge on any atom is 0.222 e. The van der Waals surface area contributed by atoms with Crippen molar-refractivity contribution in [2.24, 2.45) is 0 Å². The molecule has 4 nitrogen and oxygen atoms in total. The first-order chi connectivity index (χ1) is 13.8. The molecule has 1 aliphatic rings. The van der Waals surface area contributed by atoms with Gasteiger partial charge < -0.3 is 4.90 Å². The topological polar surface area (TPSA) is 36.4 Å². The molecule has 4 heteroatoms. The standard InChI is InChI=1S/C24H33N3O/c1-2-17-27(24(28)15-8-13-22-12-6-7-16-25-22)23-14-9-18-26(20-23)19-21-10-4-3-5-11-21/h3-7,10-12,16,23H,2,8-9,13-15,17-20H2,1H3. The van der Waals surface area contributed by atoms with E-state index in [1.54, 1.807) is 0 Å². The zero-order valence-electron chi connectivity index (χ0n) is 17.1. The Morgan fingerprint density at radius 3 is 2.75 bits per heavy atom. The maximum absolute atomic E-state index is 13.0. The van der Waals surface area contributed by atoms with Gasteiger partial charge in [0.05, 0.1) is 0 Å². The number of hydrogen-bond donors (Lipinski definition) is 0. The first kappa shape index (κ1) is 20.5. The van der Waals surface area contributed by atoms with E-state index >= 15 is 0 Å². The van der Waals surface area contributed by atoms with Gasteiger partial charge in [-0.3, -0.25) is 14.7 Å². The highest BCUT2D eigenvalue weighted by Gasteiger charge is 2.27. The summed E-state index contributed by atoms with van der Waals surface area (Å²) in [7, 11) is 0. The molecule has 2 aromatic rings. The lowest BCUT2D eigenvalue weighted by molar-refractivity contribution is -0.134. The number of nitrogens with zero attached hydrogens (tertiary/aromatic N) is 3. The summed E-state index contributed by atoms with van der Waals surface area (Å²) in [6.45, 7) is 6.12. The van der Waals surface area contributed by atoms with Gasteiger partial charge in [-0.2, -0.15) is 0 Å². The minimum Gasteiger partial charge on any atom is -0.338 e. The van der Waals surface area contributed by atoms with Gasteiger partial charge in [-0.05, 0) is 56.3 Å². The average molecular weight is 380 g/mol. The van der Waals surface area contributed by atoms with Crippen LogP contribution in [0.4, 0.5) is 0 Å². The Balaban J connectivity index is 1.53. The molecule has 28 heavy (non-hydrogen) atoms. The van der Waals surface area contributed by atoms with E-state index in [1.807, 2.05) is 24.4 Å². The molecule has 1 aromatic carbocycles. The predicted octanol–water partition coefficient (Wildman–Crippen LogP) is 4.31. The van der Waals surface area contributed by atoms with Gasteiger partial charge in [0, 0.05) is 44.0 Å². The molecule has 0 aliphatic carbocycles. The number of hydrogen-bond acceptors (Lipinski definition) is 3. The lowest BCUT2D eigenvalue weighted by Gasteiger charge is -2.39. The fourth-order valence-electron chi connectivity index (χ4n) is 4.13. The fraction of sp³-hybridized carbons (Fsp3) is 0.500. The van der Waals surface area contributed by atoms with E-state index < -0.39 is 0 Å². The number of amides is 1. The fourth-order valence-corrected chi connectivity index (χ4v) is 4.13. The molecule has 0 N–H and O–H groups in total. The molecule has 0 radical (unpaired) electrons. The van der Waals surface area contributed by atoms with Crippen LogP contribution in [-0.4, -0.2) is 46.4 Å². The Kier molecular flexibility index (Phi) is 8.04. The van der Waals surface area contributed by atoms with Crippen molar-refractivity contribution in [3.63, 3.8) is 0 Å². The van der Waals surface area contributed by atoms with Crippen molar-refractivity contribution in [2.45, 2.75) is 58.0 Å². The third-order valence-electron chi connectivity index (χ3n) is 5.50.